The predicted molar refractivity (Wildman–Crippen MR) is 95.0 cm³/mol. The molecule has 0 atom stereocenters. The van der Waals surface area contributed by atoms with Crippen LogP contribution >= 0.6 is 0 Å². The van der Waals surface area contributed by atoms with Crippen LogP contribution in [0.15, 0.2) is 0 Å². The van der Waals surface area contributed by atoms with Gasteiger partial charge in [0.1, 0.15) is 0 Å². The van der Waals surface area contributed by atoms with E-state index in [1.54, 1.807) is 0 Å². The lowest BCUT2D eigenvalue weighted by molar-refractivity contribution is -0.135. The van der Waals surface area contributed by atoms with Gasteiger partial charge in [-0.1, -0.05) is 27.2 Å². The molecule has 0 radical (unpaired) electrons. The third kappa shape index (κ3) is 6.28. The summed E-state index contributed by atoms with van der Waals surface area (Å²) in [5.41, 5.74) is 0.185. The van der Waals surface area contributed by atoms with Crippen molar-refractivity contribution in [3.63, 3.8) is 0 Å². The Kier molecular flexibility index (Phi) is 6.91. The molecule has 1 saturated heterocycles. The predicted octanol–water partition coefficient (Wildman–Crippen LogP) is 4.36. The summed E-state index contributed by atoms with van der Waals surface area (Å²) in [4.78, 5) is 15.0. The van der Waals surface area contributed by atoms with Gasteiger partial charge in [-0.25, -0.2) is 0 Å². The first-order valence-corrected chi connectivity index (χ1v) is 9.15. The van der Waals surface area contributed by atoms with Gasteiger partial charge in [0.15, 0.2) is 0 Å². The molecule has 0 aromatic rings. The summed E-state index contributed by atoms with van der Waals surface area (Å²) in [6, 6.07) is 0.373. The average molecular weight is 311 g/mol. The van der Waals surface area contributed by atoms with E-state index in [0.29, 0.717) is 24.3 Å². The Morgan fingerprint density at radius 3 is 2.18 bits per heavy atom. The molecule has 1 N–H and O–H groups in total. The Bertz CT molecular complexity index is 344. The molecule has 1 rings (SSSR count). The van der Waals surface area contributed by atoms with Gasteiger partial charge in [-0.3, -0.25) is 4.79 Å². The number of amides is 1. The second-order valence-electron chi connectivity index (χ2n) is 8.83. The Labute approximate surface area is 138 Å². The van der Waals surface area contributed by atoms with Crippen LogP contribution in [0.1, 0.15) is 87.0 Å². The minimum absolute atomic E-state index is 0.0925. The summed E-state index contributed by atoms with van der Waals surface area (Å²) in [7, 11) is 0. The van der Waals surface area contributed by atoms with Gasteiger partial charge >= 0.3 is 0 Å². The molecule has 0 unspecified atom stereocenters. The van der Waals surface area contributed by atoms with Crippen molar-refractivity contribution in [1.29, 1.82) is 0 Å². The zero-order chi connectivity index (χ0) is 17.0. The van der Waals surface area contributed by atoms with E-state index >= 15 is 0 Å². The van der Waals surface area contributed by atoms with E-state index in [1.165, 1.54) is 0 Å². The maximum absolute atomic E-state index is 12.8. The second kappa shape index (κ2) is 7.81. The number of nitrogens with one attached hydrogen (secondary N) is 1. The van der Waals surface area contributed by atoms with E-state index in [1.807, 2.05) is 0 Å². The minimum Gasteiger partial charge on any atom is -0.340 e. The molecule has 1 amide bonds. The van der Waals surface area contributed by atoms with Crippen LogP contribution in [0.25, 0.3) is 0 Å². The van der Waals surface area contributed by atoms with Gasteiger partial charge in [0.25, 0.3) is 0 Å². The molecule has 0 bridgehead atoms. The van der Waals surface area contributed by atoms with Crippen LogP contribution in [-0.2, 0) is 4.79 Å². The van der Waals surface area contributed by atoms with Crippen LogP contribution in [0.3, 0.4) is 0 Å². The SMILES string of the molecule is CCCCN(C(=O)CCC(C)C)C1CC(C)(C)NC(C)(C)C1. The largest absolute Gasteiger partial charge is 0.340 e. The smallest absolute Gasteiger partial charge is 0.222 e. The van der Waals surface area contributed by atoms with Crippen LogP contribution in [0, 0.1) is 5.92 Å². The molecule has 0 aromatic carbocycles. The van der Waals surface area contributed by atoms with Gasteiger partial charge < -0.3 is 10.2 Å². The number of nitrogens with zero attached hydrogens (tertiary/aromatic N) is 1. The van der Waals surface area contributed by atoms with Crippen LogP contribution in [-0.4, -0.2) is 34.5 Å². The first kappa shape index (κ1) is 19.5. The highest BCUT2D eigenvalue weighted by Crippen LogP contribution is 2.32. The van der Waals surface area contributed by atoms with Crippen molar-refractivity contribution in [1.82, 2.24) is 10.2 Å². The Morgan fingerprint density at radius 2 is 1.73 bits per heavy atom. The van der Waals surface area contributed by atoms with E-state index in [2.05, 4.69) is 58.7 Å². The number of hydrogen-bond acceptors (Lipinski definition) is 2. The molecule has 3 heteroatoms. The number of piperidine rings is 1. The normalized spacial score (nSPS) is 21.1. The topological polar surface area (TPSA) is 32.3 Å². The fraction of sp³-hybridized carbons (Fsp3) is 0.947. The van der Waals surface area contributed by atoms with E-state index in [-0.39, 0.29) is 11.1 Å². The molecule has 0 aliphatic carbocycles. The summed E-state index contributed by atoms with van der Waals surface area (Å²) >= 11 is 0. The van der Waals surface area contributed by atoms with E-state index in [9.17, 15) is 4.79 Å². The zero-order valence-electron chi connectivity index (χ0n) is 16.0. The molecule has 0 spiro atoms. The highest BCUT2D eigenvalue weighted by atomic mass is 16.2. The van der Waals surface area contributed by atoms with E-state index in [4.69, 9.17) is 0 Å². The lowest BCUT2D eigenvalue weighted by atomic mass is 9.79. The highest BCUT2D eigenvalue weighted by molar-refractivity contribution is 5.76. The fourth-order valence-corrected chi connectivity index (χ4v) is 3.88. The first-order chi connectivity index (χ1) is 10.1. The monoisotopic (exact) mass is 310 g/mol. The second-order valence-corrected chi connectivity index (χ2v) is 8.83. The van der Waals surface area contributed by atoms with E-state index in [0.717, 1.165) is 38.6 Å². The fourth-order valence-electron chi connectivity index (χ4n) is 3.88. The number of unbranched alkanes of at least 4 members (excludes halogenated alkanes) is 1. The maximum atomic E-state index is 12.8. The maximum Gasteiger partial charge on any atom is 0.222 e. The average Bonchev–Trinajstić information content (AvgIpc) is 2.33. The molecule has 1 aliphatic heterocycles. The van der Waals surface area contributed by atoms with Crippen molar-refractivity contribution in [2.45, 2.75) is 104 Å². The Balaban J connectivity index is 2.83. The van der Waals surface area contributed by atoms with Crippen molar-refractivity contribution in [2.24, 2.45) is 5.92 Å². The molecule has 1 aliphatic rings. The Morgan fingerprint density at radius 1 is 1.18 bits per heavy atom. The van der Waals surface area contributed by atoms with Crippen LogP contribution in [0.4, 0.5) is 0 Å². The molecule has 1 heterocycles. The van der Waals surface area contributed by atoms with Crippen molar-refractivity contribution < 1.29 is 4.79 Å². The molecule has 1 fully saturated rings. The van der Waals surface area contributed by atoms with Crippen LogP contribution < -0.4 is 5.32 Å². The standard InChI is InChI=1S/C19H38N2O/c1-8-9-12-21(17(22)11-10-15(2)3)16-13-18(4,5)20-19(6,7)14-16/h15-16,20H,8-14H2,1-7H3. The molecule has 0 saturated carbocycles. The van der Waals surface area contributed by atoms with Crippen molar-refractivity contribution in [2.75, 3.05) is 6.54 Å². The summed E-state index contributed by atoms with van der Waals surface area (Å²) in [6.45, 7) is 16.6. The molecule has 130 valence electrons. The third-order valence-electron chi connectivity index (χ3n) is 4.62. The summed E-state index contributed by atoms with van der Waals surface area (Å²) < 4.78 is 0. The van der Waals surface area contributed by atoms with Gasteiger partial charge in [0, 0.05) is 30.1 Å². The van der Waals surface area contributed by atoms with Gasteiger partial charge in [-0.2, -0.15) is 0 Å². The third-order valence-corrected chi connectivity index (χ3v) is 4.62. The van der Waals surface area contributed by atoms with Gasteiger partial charge in [0.05, 0.1) is 0 Å². The Hall–Kier alpha value is -0.570. The van der Waals surface area contributed by atoms with Crippen molar-refractivity contribution in [3.8, 4) is 0 Å². The summed E-state index contributed by atoms with van der Waals surface area (Å²) in [5.74, 6) is 0.957. The van der Waals surface area contributed by atoms with Gasteiger partial charge in [-0.05, 0) is 59.3 Å². The summed E-state index contributed by atoms with van der Waals surface area (Å²) in [6.07, 6.45) is 6.05. The van der Waals surface area contributed by atoms with Crippen molar-refractivity contribution in [3.05, 3.63) is 0 Å². The lowest BCUT2D eigenvalue weighted by Gasteiger charge is -2.49. The molecule has 0 aromatic heterocycles. The summed E-state index contributed by atoms with van der Waals surface area (Å²) in [5, 5.41) is 3.72. The van der Waals surface area contributed by atoms with Crippen LogP contribution in [0.5, 0.6) is 0 Å². The molecular weight excluding hydrogens is 272 g/mol. The molecule has 3 nitrogen and oxygen atoms in total. The quantitative estimate of drug-likeness (QED) is 0.757. The number of carbonyl (C=O) groups excluding carboxylic acids is 1. The zero-order valence-corrected chi connectivity index (χ0v) is 16.0. The van der Waals surface area contributed by atoms with Gasteiger partial charge in [0.2, 0.25) is 5.91 Å². The van der Waals surface area contributed by atoms with Crippen molar-refractivity contribution >= 4 is 5.91 Å². The number of rotatable bonds is 7. The molecular formula is C19H38N2O. The van der Waals surface area contributed by atoms with Crippen LogP contribution in [0.2, 0.25) is 0 Å². The van der Waals surface area contributed by atoms with Gasteiger partial charge in [-0.15, -0.1) is 0 Å². The minimum atomic E-state index is 0.0925. The van der Waals surface area contributed by atoms with E-state index < -0.39 is 0 Å². The number of carbonyl (C=O) groups is 1. The highest BCUT2D eigenvalue weighted by Gasteiger charge is 2.40. The number of hydrogen-bond donors (Lipinski definition) is 1. The lowest BCUT2D eigenvalue weighted by Crippen LogP contribution is -2.62. The molecule has 22 heavy (non-hydrogen) atoms. The first-order valence-electron chi connectivity index (χ1n) is 9.15.